The Hall–Kier alpha value is -3.02. The Morgan fingerprint density at radius 2 is 1.79 bits per heavy atom. The van der Waals surface area contributed by atoms with E-state index in [9.17, 15) is 4.79 Å². The first-order chi connectivity index (χ1) is 13.6. The summed E-state index contributed by atoms with van der Waals surface area (Å²) in [5, 5.41) is 9.52. The van der Waals surface area contributed by atoms with Crippen molar-refractivity contribution in [1.82, 2.24) is 16.0 Å². The summed E-state index contributed by atoms with van der Waals surface area (Å²) in [7, 11) is 1.75. The van der Waals surface area contributed by atoms with E-state index in [1.165, 1.54) is 11.1 Å². The fraction of sp³-hybridized carbons (Fsp3) is 0.364. The maximum atomic E-state index is 11.7. The van der Waals surface area contributed by atoms with Crippen molar-refractivity contribution < 1.29 is 9.53 Å². The number of guanidine groups is 1. The molecule has 0 aromatic heterocycles. The molecular weight excluding hydrogens is 352 g/mol. The van der Waals surface area contributed by atoms with Gasteiger partial charge in [-0.2, -0.15) is 0 Å². The summed E-state index contributed by atoms with van der Waals surface area (Å²) in [6.45, 7) is 3.44. The van der Waals surface area contributed by atoms with Crippen LogP contribution in [0.25, 0.3) is 0 Å². The van der Waals surface area contributed by atoms with E-state index in [2.05, 4.69) is 52.1 Å². The molecule has 0 saturated heterocycles. The van der Waals surface area contributed by atoms with Crippen molar-refractivity contribution >= 4 is 11.9 Å². The summed E-state index contributed by atoms with van der Waals surface area (Å²) in [6.07, 6.45) is 2.15. The van der Waals surface area contributed by atoms with Gasteiger partial charge in [-0.1, -0.05) is 42.0 Å². The molecule has 0 atom stereocenters. The number of hydrogen-bond donors (Lipinski definition) is 3. The summed E-state index contributed by atoms with van der Waals surface area (Å²) in [4.78, 5) is 16.0. The van der Waals surface area contributed by atoms with E-state index in [-0.39, 0.29) is 12.5 Å². The number of hydrogen-bond acceptors (Lipinski definition) is 3. The molecule has 0 heterocycles. The maximum absolute atomic E-state index is 11.7. The number of benzene rings is 2. The van der Waals surface area contributed by atoms with Crippen LogP contribution in [0.2, 0.25) is 0 Å². The van der Waals surface area contributed by atoms with Gasteiger partial charge in [-0.15, -0.1) is 0 Å². The van der Waals surface area contributed by atoms with E-state index in [4.69, 9.17) is 4.74 Å². The Morgan fingerprint density at radius 1 is 1.07 bits per heavy atom. The largest absolute Gasteiger partial charge is 0.484 e. The number of nitrogens with zero attached hydrogens (tertiary/aromatic N) is 1. The molecule has 6 nitrogen and oxygen atoms in total. The van der Waals surface area contributed by atoms with Gasteiger partial charge in [-0.05, 0) is 43.0 Å². The van der Waals surface area contributed by atoms with E-state index in [1.54, 1.807) is 7.05 Å². The van der Waals surface area contributed by atoms with Crippen molar-refractivity contribution in [3.63, 3.8) is 0 Å². The van der Waals surface area contributed by atoms with E-state index < -0.39 is 0 Å². The Balaban J connectivity index is 1.44. The second-order valence-electron chi connectivity index (χ2n) is 7.04. The SMILES string of the molecule is CN=C(NCc1ccc(C)cc1)NCc1cccc(OCC(=O)NC2CC2)c1. The van der Waals surface area contributed by atoms with Crippen molar-refractivity contribution in [1.29, 1.82) is 0 Å². The van der Waals surface area contributed by atoms with E-state index >= 15 is 0 Å². The van der Waals surface area contributed by atoms with Crippen LogP contribution in [0.5, 0.6) is 5.75 Å². The molecule has 0 radical (unpaired) electrons. The molecule has 0 spiro atoms. The van der Waals surface area contributed by atoms with E-state index in [0.717, 1.165) is 24.4 Å². The first-order valence-electron chi connectivity index (χ1n) is 9.63. The molecule has 2 aromatic carbocycles. The van der Waals surface area contributed by atoms with Gasteiger partial charge in [0.05, 0.1) is 0 Å². The molecule has 0 unspecified atom stereocenters. The summed E-state index contributed by atoms with van der Waals surface area (Å²) in [6, 6.07) is 16.5. The predicted molar refractivity (Wildman–Crippen MR) is 111 cm³/mol. The zero-order valence-electron chi connectivity index (χ0n) is 16.5. The van der Waals surface area contributed by atoms with Crippen LogP contribution >= 0.6 is 0 Å². The van der Waals surface area contributed by atoms with Gasteiger partial charge in [-0.3, -0.25) is 9.79 Å². The minimum atomic E-state index is -0.0632. The molecule has 1 amide bonds. The van der Waals surface area contributed by atoms with Crippen molar-refractivity contribution in [2.75, 3.05) is 13.7 Å². The Morgan fingerprint density at radius 3 is 2.46 bits per heavy atom. The highest BCUT2D eigenvalue weighted by Gasteiger charge is 2.23. The average Bonchev–Trinajstić information content (AvgIpc) is 3.52. The maximum Gasteiger partial charge on any atom is 0.258 e. The lowest BCUT2D eigenvalue weighted by atomic mass is 10.1. The molecule has 1 saturated carbocycles. The molecule has 0 bridgehead atoms. The molecule has 1 aliphatic rings. The van der Waals surface area contributed by atoms with Crippen LogP contribution in [-0.4, -0.2) is 31.6 Å². The topological polar surface area (TPSA) is 74.8 Å². The number of nitrogens with one attached hydrogen (secondary N) is 3. The molecular formula is C22H28N4O2. The predicted octanol–water partition coefficient (Wildman–Crippen LogP) is 2.52. The first kappa shape index (κ1) is 19.7. The Labute approximate surface area is 166 Å². The minimum absolute atomic E-state index is 0.0488. The second kappa shape index (κ2) is 9.78. The summed E-state index contributed by atoms with van der Waals surface area (Å²) in [5.41, 5.74) is 3.50. The highest BCUT2D eigenvalue weighted by molar-refractivity contribution is 5.79. The third kappa shape index (κ3) is 6.61. The van der Waals surface area contributed by atoms with Crippen LogP contribution in [0.1, 0.15) is 29.5 Å². The zero-order valence-corrected chi connectivity index (χ0v) is 16.5. The highest BCUT2D eigenvalue weighted by Crippen LogP contribution is 2.18. The van der Waals surface area contributed by atoms with Crippen LogP contribution in [0.3, 0.4) is 0 Å². The van der Waals surface area contributed by atoms with Crippen molar-refractivity contribution in [2.45, 2.75) is 38.9 Å². The molecule has 148 valence electrons. The van der Waals surface area contributed by atoms with Crippen LogP contribution in [0, 0.1) is 6.92 Å². The summed E-state index contributed by atoms with van der Waals surface area (Å²) < 4.78 is 5.60. The minimum Gasteiger partial charge on any atom is -0.484 e. The van der Waals surface area contributed by atoms with E-state index in [0.29, 0.717) is 24.9 Å². The lowest BCUT2D eigenvalue weighted by Gasteiger charge is -2.13. The van der Waals surface area contributed by atoms with Crippen LogP contribution in [-0.2, 0) is 17.9 Å². The van der Waals surface area contributed by atoms with Gasteiger partial charge in [0.15, 0.2) is 12.6 Å². The number of rotatable bonds is 8. The normalized spacial score (nSPS) is 13.7. The molecule has 3 N–H and O–H groups in total. The number of amides is 1. The van der Waals surface area contributed by atoms with Gasteiger partial charge in [-0.25, -0.2) is 0 Å². The quantitative estimate of drug-likeness (QED) is 0.486. The standard InChI is InChI=1S/C22H28N4O2/c1-16-6-8-17(9-7-16)13-24-22(23-2)25-14-18-4-3-5-20(12-18)28-15-21(27)26-19-10-11-19/h3-9,12,19H,10-11,13-15H2,1-2H3,(H,26,27)(H2,23,24,25). The highest BCUT2D eigenvalue weighted by atomic mass is 16.5. The van der Waals surface area contributed by atoms with Crippen LogP contribution in [0.4, 0.5) is 0 Å². The van der Waals surface area contributed by atoms with Gasteiger partial charge >= 0.3 is 0 Å². The first-order valence-corrected chi connectivity index (χ1v) is 9.63. The average molecular weight is 380 g/mol. The molecule has 3 rings (SSSR count). The number of carbonyl (C=O) groups excluding carboxylic acids is 1. The number of carbonyl (C=O) groups is 1. The van der Waals surface area contributed by atoms with Gasteiger partial charge in [0.25, 0.3) is 5.91 Å². The summed E-state index contributed by atoms with van der Waals surface area (Å²) >= 11 is 0. The van der Waals surface area contributed by atoms with Gasteiger partial charge < -0.3 is 20.7 Å². The lowest BCUT2D eigenvalue weighted by molar-refractivity contribution is -0.123. The second-order valence-corrected chi connectivity index (χ2v) is 7.04. The Kier molecular flexibility index (Phi) is 6.89. The molecule has 28 heavy (non-hydrogen) atoms. The number of aliphatic imine (C=N–C) groups is 1. The molecule has 6 heteroatoms. The van der Waals surface area contributed by atoms with Gasteiger partial charge in [0.2, 0.25) is 0 Å². The van der Waals surface area contributed by atoms with Crippen molar-refractivity contribution in [3.8, 4) is 5.75 Å². The lowest BCUT2D eigenvalue weighted by Crippen LogP contribution is -2.36. The Bertz CT molecular complexity index is 814. The molecule has 1 aliphatic carbocycles. The molecule has 2 aromatic rings. The van der Waals surface area contributed by atoms with Crippen LogP contribution in [0.15, 0.2) is 53.5 Å². The van der Waals surface area contributed by atoms with Crippen LogP contribution < -0.4 is 20.7 Å². The molecule has 1 fully saturated rings. The third-order valence-corrected chi connectivity index (χ3v) is 4.47. The van der Waals surface area contributed by atoms with Gasteiger partial charge in [0, 0.05) is 26.2 Å². The monoisotopic (exact) mass is 380 g/mol. The van der Waals surface area contributed by atoms with Crippen molar-refractivity contribution in [2.24, 2.45) is 4.99 Å². The molecule has 0 aliphatic heterocycles. The number of ether oxygens (including phenoxy) is 1. The number of aryl methyl sites for hydroxylation is 1. The van der Waals surface area contributed by atoms with Crippen molar-refractivity contribution in [3.05, 3.63) is 65.2 Å². The third-order valence-electron chi connectivity index (χ3n) is 4.47. The summed E-state index contributed by atoms with van der Waals surface area (Å²) in [5.74, 6) is 1.36. The zero-order chi connectivity index (χ0) is 19.8. The van der Waals surface area contributed by atoms with E-state index in [1.807, 2.05) is 24.3 Å². The smallest absolute Gasteiger partial charge is 0.258 e. The fourth-order valence-corrected chi connectivity index (χ4v) is 2.69. The van der Waals surface area contributed by atoms with Gasteiger partial charge in [0.1, 0.15) is 5.75 Å². The fourth-order valence-electron chi connectivity index (χ4n) is 2.69.